The Morgan fingerprint density at radius 3 is 2.55 bits per heavy atom. The molecular formula is C17H19NO2. The number of ether oxygens (including phenoxy) is 2. The van der Waals surface area contributed by atoms with E-state index in [0.29, 0.717) is 12.6 Å². The topological polar surface area (TPSA) is 30.5 Å². The van der Waals surface area contributed by atoms with E-state index in [1.807, 2.05) is 30.3 Å². The van der Waals surface area contributed by atoms with Crippen molar-refractivity contribution in [2.45, 2.75) is 19.1 Å². The third-order valence-electron chi connectivity index (χ3n) is 3.52. The molecule has 104 valence electrons. The minimum Gasteiger partial charge on any atom is -0.486 e. The minimum atomic E-state index is 0.0519. The largest absolute Gasteiger partial charge is 0.486 e. The van der Waals surface area contributed by atoms with Crippen LogP contribution in [0, 0.1) is 0 Å². The predicted octanol–water partition coefficient (Wildman–Crippen LogP) is 3.18. The van der Waals surface area contributed by atoms with Crippen molar-refractivity contribution in [1.82, 2.24) is 5.32 Å². The molecule has 2 atom stereocenters. The van der Waals surface area contributed by atoms with Crippen LogP contribution < -0.4 is 14.8 Å². The molecule has 0 amide bonds. The minimum absolute atomic E-state index is 0.0519. The smallest absolute Gasteiger partial charge is 0.161 e. The van der Waals surface area contributed by atoms with Crippen LogP contribution in [-0.4, -0.2) is 19.3 Å². The summed E-state index contributed by atoms with van der Waals surface area (Å²) in [6.07, 6.45) is 0.0519. The molecule has 2 aromatic rings. The molecule has 0 fully saturated rings. The molecule has 0 aliphatic carbocycles. The van der Waals surface area contributed by atoms with Gasteiger partial charge in [0.05, 0.1) is 0 Å². The normalized spacial score (nSPS) is 18.6. The maximum atomic E-state index is 5.93. The highest BCUT2D eigenvalue weighted by Gasteiger charge is 2.20. The zero-order valence-electron chi connectivity index (χ0n) is 11.6. The molecule has 0 radical (unpaired) electrons. The van der Waals surface area contributed by atoms with Crippen LogP contribution in [0.2, 0.25) is 0 Å². The van der Waals surface area contributed by atoms with Gasteiger partial charge in [0, 0.05) is 12.6 Å². The van der Waals surface area contributed by atoms with Gasteiger partial charge in [-0.2, -0.15) is 0 Å². The van der Waals surface area contributed by atoms with Crippen molar-refractivity contribution in [3.8, 4) is 11.5 Å². The molecule has 0 saturated carbocycles. The van der Waals surface area contributed by atoms with Gasteiger partial charge in [0.1, 0.15) is 12.7 Å². The Morgan fingerprint density at radius 2 is 1.75 bits per heavy atom. The number of hydrogen-bond acceptors (Lipinski definition) is 3. The first kappa shape index (κ1) is 13.0. The lowest BCUT2D eigenvalue weighted by molar-refractivity contribution is 0.0886. The molecule has 1 unspecified atom stereocenters. The van der Waals surface area contributed by atoms with E-state index in [2.05, 4.69) is 36.5 Å². The van der Waals surface area contributed by atoms with E-state index in [1.54, 1.807) is 0 Å². The Hall–Kier alpha value is -2.00. The van der Waals surface area contributed by atoms with Crippen molar-refractivity contribution in [3.05, 3.63) is 60.2 Å². The molecule has 0 bridgehead atoms. The summed E-state index contributed by atoms with van der Waals surface area (Å²) in [6.45, 7) is 3.52. The standard InChI is InChI=1S/C17H19NO2/c1-13(14-7-3-2-4-8-14)18-11-15-12-19-16-9-5-6-10-17(16)20-15/h2-10,13,15,18H,11-12H2,1H3/t13?,15-/m0/s1. The zero-order chi connectivity index (χ0) is 13.8. The van der Waals surface area contributed by atoms with Gasteiger partial charge in [-0.1, -0.05) is 42.5 Å². The number of hydrogen-bond donors (Lipinski definition) is 1. The third kappa shape index (κ3) is 2.94. The summed E-state index contributed by atoms with van der Waals surface area (Å²) in [5.41, 5.74) is 1.28. The molecule has 1 aliphatic rings. The van der Waals surface area contributed by atoms with E-state index in [9.17, 15) is 0 Å². The predicted molar refractivity (Wildman–Crippen MR) is 79.2 cm³/mol. The van der Waals surface area contributed by atoms with E-state index in [4.69, 9.17) is 9.47 Å². The van der Waals surface area contributed by atoms with Crippen molar-refractivity contribution in [3.63, 3.8) is 0 Å². The van der Waals surface area contributed by atoms with Crippen LogP contribution in [0.3, 0.4) is 0 Å². The van der Waals surface area contributed by atoms with Crippen LogP contribution in [0.15, 0.2) is 54.6 Å². The molecular weight excluding hydrogens is 250 g/mol. The fourth-order valence-corrected chi connectivity index (χ4v) is 2.33. The molecule has 3 rings (SSSR count). The molecule has 3 nitrogen and oxygen atoms in total. The SMILES string of the molecule is CC(NC[C@H]1COc2ccccc2O1)c1ccccc1. The van der Waals surface area contributed by atoms with Crippen LogP contribution in [0.5, 0.6) is 11.5 Å². The van der Waals surface area contributed by atoms with Gasteiger partial charge in [-0.25, -0.2) is 0 Å². The van der Waals surface area contributed by atoms with Gasteiger partial charge in [-0.15, -0.1) is 0 Å². The quantitative estimate of drug-likeness (QED) is 0.924. The van der Waals surface area contributed by atoms with E-state index in [1.165, 1.54) is 5.56 Å². The summed E-state index contributed by atoms with van der Waals surface area (Å²) in [4.78, 5) is 0. The second-order valence-electron chi connectivity index (χ2n) is 5.04. The molecule has 1 aliphatic heterocycles. The van der Waals surface area contributed by atoms with Crippen LogP contribution in [0.1, 0.15) is 18.5 Å². The van der Waals surface area contributed by atoms with Gasteiger partial charge in [0.15, 0.2) is 11.5 Å². The monoisotopic (exact) mass is 269 g/mol. The van der Waals surface area contributed by atoms with Crippen molar-refractivity contribution >= 4 is 0 Å². The van der Waals surface area contributed by atoms with E-state index in [-0.39, 0.29) is 6.10 Å². The second kappa shape index (κ2) is 5.97. The summed E-state index contributed by atoms with van der Waals surface area (Å²) in [5.74, 6) is 1.66. The van der Waals surface area contributed by atoms with Crippen LogP contribution in [0.25, 0.3) is 0 Å². The number of fused-ring (bicyclic) bond motifs is 1. The van der Waals surface area contributed by atoms with Gasteiger partial charge in [0.25, 0.3) is 0 Å². The van der Waals surface area contributed by atoms with Gasteiger partial charge in [-0.3, -0.25) is 0 Å². The number of benzene rings is 2. The third-order valence-corrected chi connectivity index (χ3v) is 3.52. The first-order valence-corrected chi connectivity index (χ1v) is 7.00. The molecule has 20 heavy (non-hydrogen) atoms. The first-order valence-electron chi connectivity index (χ1n) is 7.00. The average molecular weight is 269 g/mol. The maximum Gasteiger partial charge on any atom is 0.161 e. The Labute approximate surface area is 119 Å². The van der Waals surface area contributed by atoms with Crippen LogP contribution in [-0.2, 0) is 0 Å². The lowest BCUT2D eigenvalue weighted by Gasteiger charge is -2.27. The van der Waals surface area contributed by atoms with E-state index < -0.39 is 0 Å². The molecule has 1 heterocycles. The highest BCUT2D eigenvalue weighted by Crippen LogP contribution is 2.30. The Bertz CT molecular complexity index is 556. The van der Waals surface area contributed by atoms with Crippen molar-refractivity contribution in [2.24, 2.45) is 0 Å². The van der Waals surface area contributed by atoms with E-state index >= 15 is 0 Å². The van der Waals surface area contributed by atoms with Crippen LogP contribution >= 0.6 is 0 Å². The fraction of sp³-hybridized carbons (Fsp3) is 0.294. The Morgan fingerprint density at radius 1 is 1.05 bits per heavy atom. The Balaban J connectivity index is 1.55. The molecule has 2 aromatic carbocycles. The molecule has 0 spiro atoms. The molecule has 0 saturated heterocycles. The number of para-hydroxylation sites is 2. The summed E-state index contributed by atoms with van der Waals surface area (Å²) >= 11 is 0. The molecule has 0 aromatic heterocycles. The summed E-state index contributed by atoms with van der Waals surface area (Å²) in [6, 6.07) is 18.5. The summed E-state index contributed by atoms with van der Waals surface area (Å²) in [7, 11) is 0. The summed E-state index contributed by atoms with van der Waals surface area (Å²) in [5, 5.41) is 3.49. The number of nitrogens with one attached hydrogen (secondary N) is 1. The van der Waals surface area contributed by atoms with Gasteiger partial charge in [-0.05, 0) is 24.6 Å². The second-order valence-corrected chi connectivity index (χ2v) is 5.04. The molecule has 1 N–H and O–H groups in total. The van der Waals surface area contributed by atoms with Gasteiger partial charge in [0.2, 0.25) is 0 Å². The van der Waals surface area contributed by atoms with Gasteiger partial charge >= 0.3 is 0 Å². The number of rotatable bonds is 4. The average Bonchev–Trinajstić information content (AvgIpc) is 2.53. The van der Waals surface area contributed by atoms with Gasteiger partial charge < -0.3 is 14.8 Å². The van der Waals surface area contributed by atoms with Crippen molar-refractivity contribution in [1.29, 1.82) is 0 Å². The van der Waals surface area contributed by atoms with E-state index in [0.717, 1.165) is 18.0 Å². The zero-order valence-corrected chi connectivity index (χ0v) is 11.6. The first-order chi connectivity index (χ1) is 9.83. The maximum absolute atomic E-state index is 5.93. The van der Waals surface area contributed by atoms with Crippen molar-refractivity contribution in [2.75, 3.05) is 13.2 Å². The molecule has 3 heteroatoms. The lowest BCUT2D eigenvalue weighted by atomic mass is 10.1. The highest BCUT2D eigenvalue weighted by atomic mass is 16.6. The summed E-state index contributed by atoms with van der Waals surface area (Å²) < 4.78 is 11.6. The van der Waals surface area contributed by atoms with Crippen LogP contribution in [0.4, 0.5) is 0 Å². The highest BCUT2D eigenvalue weighted by molar-refractivity contribution is 5.40. The fourth-order valence-electron chi connectivity index (χ4n) is 2.33. The van der Waals surface area contributed by atoms with Crippen molar-refractivity contribution < 1.29 is 9.47 Å². The lowest BCUT2D eigenvalue weighted by Crippen LogP contribution is -2.39. The Kier molecular flexibility index (Phi) is 3.88.